The van der Waals surface area contributed by atoms with Gasteiger partial charge < -0.3 is 15.3 Å². The second-order valence-corrected chi connectivity index (χ2v) is 5.71. The molecular weight excluding hydrogens is 324 g/mol. The molecule has 0 bridgehead atoms. The van der Waals surface area contributed by atoms with Crippen molar-refractivity contribution < 1.29 is 5.11 Å². The molecule has 114 valence electrons. The summed E-state index contributed by atoms with van der Waals surface area (Å²) in [5.74, 6) is 0. The van der Waals surface area contributed by atoms with Gasteiger partial charge in [-0.15, -0.1) is 0 Å². The largest absolute Gasteiger partial charge is 0.396 e. The van der Waals surface area contributed by atoms with Gasteiger partial charge in [0.2, 0.25) is 0 Å². The fraction of sp³-hybridized carbons (Fsp3) is 0.692. The van der Waals surface area contributed by atoms with Crippen LogP contribution in [0.4, 0.5) is 5.69 Å². The summed E-state index contributed by atoms with van der Waals surface area (Å²) in [6, 6.07) is 0. The van der Waals surface area contributed by atoms with Gasteiger partial charge in [0.1, 0.15) is 4.47 Å². The average Bonchev–Trinajstić information content (AvgIpc) is 2.42. The van der Waals surface area contributed by atoms with Crippen molar-refractivity contribution >= 4 is 21.6 Å². The Bertz CT molecular complexity index is 462. The van der Waals surface area contributed by atoms with Crippen molar-refractivity contribution in [3.8, 4) is 0 Å². The van der Waals surface area contributed by atoms with E-state index in [2.05, 4.69) is 26.3 Å². The van der Waals surface area contributed by atoms with E-state index in [1.807, 2.05) is 19.0 Å². The summed E-state index contributed by atoms with van der Waals surface area (Å²) in [5, 5.41) is 16.1. The first-order chi connectivity index (χ1) is 9.56. The molecule has 20 heavy (non-hydrogen) atoms. The number of nitrogens with one attached hydrogen (secondary N) is 1. The Kier molecular flexibility index (Phi) is 7.79. The maximum atomic E-state index is 12.1. The first-order valence-corrected chi connectivity index (χ1v) is 7.60. The first kappa shape index (κ1) is 17.1. The highest BCUT2D eigenvalue weighted by Gasteiger charge is 2.08. The lowest BCUT2D eigenvalue weighted by Gasteiger charge is -2.12. The van der Waals surface area contributed by atoms with Gasteiger partial charge >= 0.3 is 0 Å². The number of aromatic nitrogens is 2. The average molecular weight is 347 g/mol. The highest BCUT2D eigenvalue weighted by Crippen LogP contribution is 2.16. The molecule has 0 aromatic carbocycles. The molecule has 7 heteroatoms. The lowest BCUT2D eigenvalue weighted by atomic mass is 10.2. The number of hydrogen-bond donors (Lipinski definition) is 2. The molecule has 1 aromatic heterocycles. The summed E-state index contributed by atoms with van der Waals surface area (Å²) < 4.78 is 1.98. The summed E-state index contributed by atoms with van der Waals surface area (Å²) >= 11 is 3.33. The maximum Gasteiger partial charge on any atom is 0.283 e. The lowest BCUT2D eigenvalue weighted by molar-refractivity contribution is 0.283. The van der Waals surface area contributed by atoms with Crippen LogP contribution in [0.5, 0.6) is 0 Å². The van der Waals surface area contributed by atoms with Gasteiger partial charge in [0.05, 0.1) is 18.4 Å². The van der Waals surface area contributed by atoms with E-state index in [1.54, 1.807) is 6.20 Å². The molecule has 1 aromatic rings. The Morgan fingerprint density at radius 2 is 2.15 bits per heavy atom. The van der Waals surface area contributed by atoms with Crippen molar-refractivity contribution in [3.63, 3.8) is 0 Å². The quantitative estimate of drug-likeness (QED) is 0.656. The van der Waals surface area contributed by atoms with E-state index in [9.17, 15) is 4.79 Å². The van der Waals surface area contributed by atoms with Crippen LogP contribution in [0, 0.1) is 0 Å². The molecule has 0 aliphatic carbocycles. The number of unbranched alkanes of at least 4 members (excludes halogenated alkanes) is 2. The number of hydrogen-bond acceptors (Lipinski definition) is 5. The highest BCUT2D eigenvalue weighted by atomic mass is 79.9. The standard InChI is InChI=1S/C13H23BrN4O2/c1-17(2)7-8-18-13(20)12(14)11(10-16-18)15-6-4-3-5-9-19/h10,15,19H,3-9H2,1-2H3. The third-order valence-electron chi connectivity index (χ3n) is 2.89. The minimum atomic E-state index is -0.118. The Labute approximate surface area is 127 Å². The smallest absolute Gasteiger partial charge is 0.283 e. The second kappa shape index (κ2) is 9.10. The number of halogens is 1. The molecule has 0 saturated heterocycles. The minimum absolute atomic E-state index is 0.118. The van der Waals surface area contributed by atoms with Crippen LogP contribution in [0.3, 0.4) is 0 Å². The van der Waals surface area contributed by atoms with Gasteiger partial charge in [0.15, 0.2) is 0 Å². The number of rotatable bonds is 9. The van der Waals surface area contributed by atoms with Crippen molar-refractivity contribution in [2.75, 3.05) is 39.1 Å². The number of nitrogens with zero attached hydrogens (tertiary/aromatic N) is 3. The molecule has 0 unspecified atom stereocenters. The lowest BCUT2D eigenvalue weighted by Crippen LogP contribution is -2.29. The molecule has 0 amide bonds. The predicted octanol–water partition coefficient (Wildman–Crippen LogP) is 1.14. The molecule has 0 atom stereocenters. The fourth-order valence-electron chi connectivity index (χ4n) is 1.68. The molecule has 0 spiro atoms. The summed E-state index contributed by atoms with van der Waals surface area (Å²) in [5.41, 5.74) is 0.604. The van der Waals surface area contributed by atoms with Crippen LogP contribution in [-0.4, -0.2) is 53.6 Å². The van der Waals surface area contributed by atoms with Crippen LogP contribution in [0.15, 0.2) is 15.5 Å². The minimum Gasteiger partial charge on any atom is -0.396 e. The molecule has 0 aliphatic rings. The van der Waals surface area contributed by atoms with Gasteiger partial charge in [-0.1, -0.05) is 0 Å². The third kappa shape index (κ3) is 5.60. The number of aliphatic hydroxyl groups is 1. The van der Waals surface area contributed by atoms with Crippen molar-refractivity contribution in [2.24, 2.45) is 0 Å². The molecule has 1 heterocycles. The SMILES string of the molecule is CN(C)CCn1ncc(NCCCCCO)c(Br)c1=O. The van der Waals surface area contributed by atoms with Crippen molar-refractivity contribution in [1.82, 2.24) is 14.7 Å². The summed E-state index contributed by atoms with van der Waals surface area (Å²) in [6.07, 6.45) is 4.41. The van der Waals surface area contributed by atoms with Crippen molar-refractivity contribution in [1.29, 1.82) is 0 Å². The Hall–Kier alpha value is -0.920. The first-order valence-electron chi connectivity index (χ1n) is 6.81. The number of anilines is 1. The van der Waals surface area contributed by atoms with E-state index in [4.69, 9.17) is 5.11 Å². The molecular formula is C13H23BrN4O2. The Balaban J connectivity index is 2.57. The number of aliphatic hydroxyl groups excluding tert-OH is 1. The van der Waals surface area contributed by atoms with Crippen LogP contribution in [-0.2, 0) is 6.54 Å². The van der Waals surface area contributed by atoms with Crippen LogP contribution in [0.1, 0.15) is 19.3 Å². The monoisotopic (exact) mass is 346 g/mol. The van der Waals surface area contributed by atoms with Gasteiger partial charge in [0, 0.05) is 19.7 Å². The zero-order valence-corrected chi connectivity index (χ0v) is 13.7. The zero-order chi connectivity index (χ0) is 15.0. The van der Waals surface area contributed by atoms with Gasteiger partial charge in [-0.05, 0) is 49.3 Å². The maximum absolute atomic E-state index is 12.1. The van der Waals surface area contributed by atoms with E-state index in [0.717, 1.165) is 38.0 Å². The molecule has 0 saturated carbocycles. The van der Waals surface area contributed by atoms with Crippen LogP contribution in [0.25, 0.3) is 0 Å². The molecule has 0 fully saturated rings. The molecule has 6 nitrogen and oxygen atoms in total. The summed E-state index contributed by atoms with van der Waals surface area (Å²) in [7, 11) is 3.92. The van der Waals surface area contributed by atoms with Gasteiger partial charge in [0.25, 0.3) is 5.56 Å². The van der Waals surface area contributed by atoms with E-state index in [-0.39, 0.29) is 12.2 Å². The topological polar surface area (TPSA) is 70.4 Å². The van der Waals surface area contributed by atoms with Crippen molar-refractivity contribution in [2.45, 2.75) is 25.8 Å². The Morgan fingerprint density at radius 3 is 2.80 bits per heavy atom. The Morgan fingerprint density at radius 1 is 1.40 bits per heavy atom. The molecule has 0 aliphatic heterocycles. The highest BCUT2D eigenvalue weighted by molar-refractivity contribution is 9.10. The van der Waals surface area contributed by atoms with Crippen LogP contribution >= 0.6 is 15.9 Å². The van der Waals surface area contributed by atoms with E-state index in [0.29, 0.717) is 11.0 Å². The van der Waals surface area contributed by atoms with Gasteiger partial charge in [-0.25, -0.2) is 4.68 Å². The second-order valence-electron chi connectivity index (χ2n) is 4.91. The van der Waals surface area contributed by atoms with Gasteiger partial charge in [-0.2, -0.15) is 5.10 Å². The molecule has 2 N–H and O–H groups in total. The van der Waals surface area contributed by atoms with E-state index < -0.39 is 0 Å². The van der Waals surface area contributed by atoms with Gasteiger partial charge in [-0.3, -0.25) is 4.79 Å². The summed E-state index contributed by atoms with van der Waals surface area (Å²) in [6.45, 7) is 2.34. The zero-order valence-electron chi connectivity index (χ0n) is 12.1. The van der Waals surface area contributed by atoms with Crippen LogP contribution < -0.4 is 10.9 Å². The van der Waals surface area contributed by atoms with Crippen molar-refractivity contribution in [3.05, 3.63) is 21.0 Å². The van der Waals surface area contributed by atoms with E-state index >= 15 is 0 Å². The van der Waals surface area contributed by atoms with E-state index in [1.165, 1.54) is 4.68 Å². The number of likely N-dealkylation sites (N-methyl/N-ethyl adjacent to an activating group) is 1. The third-order valence-corrected chi connectivity index (χ3v) is 3.66. The fourth-order valence-corrected chi connectivity index (χ4v) is 2.13. The summed E-state index contributed by atoms with van der Waals surface area (Å²) in [4.78, 5) is 14.1. The molecule has 1 rings (SSSR count). The normalized spacial score (nSPS) is 11.1. The predicted molar refractivity (Wildman–Crippen MR) is 84.2 cm³/mol. The molecule has 0 radical (unpaired) electrons. The van der Waals surface area contributed by atoms with Crippen LogP contribution in [0.2, 0.25) is 0 Å².